The van der Waals surface area contributed by atoms with E-state index in [9.17, 15) is 9.90 Å². The molecule has 2 aliphatic rings. The van der Waals surface area contributed by atoms with Crippen LogP contribution in [0.5, 0.6) is 0 Å². The molecule has 0 radical (unpaired) electrons. The Morgan fingerprint density at radius 1 is 1.14 bits per heavy atom. The lowest BCUT2D eigenvalue weighted by molar-refractivity contribution is -0.00960. The fourth-order valence-corrected chi connectivity index (χ4v) is 5.12. The van der Waals surface area contributed by atoms with E-state index in [-0.39, 0.29) is 11.9 Å². The number of fused-ring (bicyclic) bond motifs is 1. The van der Waals surface area contributed by atoms with E-state index in [1.165, 1.54) is 11.1 Å². The molecule has 0 saturated carbocycles. The van der Waals surface area contributed by atoms with Gasteiger partial charge in [-0.25, -0.2) is 9.97 Å². The van der Waals surface area contributed by atoms with Crippen molar-refractivity contribution in [2.75, 3.05) is 29.6 Å². The van der Waals surface area contributed by atoms with Gasteiger partial charge in [-0.05, 0) is 61.7 Å². The molecule has 0 aliphatic carbocycles. The third kappa shape index (κ3) is 4.83. The van der Waals surface area contributed by atoms with Gasteiger partial charge in [-0.2, -0.15) is 0 Å². The molecule has 5 rings (SSSR count). The molecule has 10 heteroatoms. The van der Waals surface area contributed by atoms with Crippen molar-refractivity contribution in [1.82, 2.24) is 19.8 Å². The minimum atomic E-state index is -0.530. The number of hydrogen-bond donors (Lipinski definition) is 5. The molecule has 36 heavy (non-hydrogen) atoms. The van der Waals surface area contributed by atoms with Crippen LogP contribution in [-0.2, 0) is 13.1 Å². The van der Waals surface area contributed by atoms with Gasteiger partial charge in [0.1, 0.15) is 0 Å². The fourth-order valence-electron chi connectivity index (χ4n) is 5.12. The summed E-state index contributed by atoms with van der Waals surface area (Å²) in [4.78, 5) is 26.4. The first-order chi connectivity index (χ1) is 17.3. The van der Waals surface area contributed by atoms with Gasteiger partial charge in [-0.15, -0.1) is 0 Å². The number of nitrogens with one attached hydrogen (secondary N) is 2. The van der Waals surface area contributed by atoms with Crippen molar-refractivity contribution in [3.05, 3.63) is 70.5 Å². The molecule has 2 atom stereocenters. The summed E-state index contributed by atoms with van der Waals surface area (Å²) in [6, 6.07) is 11.1. The van der Waals surface area contributed by atoms with Crippen LogP contribution in [0.25, 0.3) is 0 Å². The summed E-state index contributed by atoms with van der Waals surface area (Å²) in [5, 5.41) is 14.1. The van der Waals surface area contributed by atoms with Crippen LogP contribution in [0.3, 0.4) is 0 Å². The van der Waals surface area contributed by atoms with Crippen LogP contribution >= 0.6 is 0 Å². The quantitative estimate of drug-likeness (QED) is 0.207. The SMILES string of the molecule is Cc1cc(C)cc(Nc2ncc3c(n2)CN(C2CN(C(=O)c4ccc(NN)c(N)c4)CCC2O)C3)c1. The van der Waals surface area contributed by atoms with Crippen molar-refractivity contribution >= 4 is 28.9 Å². The van der Waals surface area contributed by atoms with E-state index in [0.29, 0.717) is 55.5 Å². The van der Waals surface area contributed by atoms with Crippen LogP contribution in [0.15, 0.2) is 42.6 Å². The monoisotopic (exact) mass is 488 g/mol. The van der Waals surface area contributed by atoms with Gasteiger partial charge in [0.25, 0.3) is 5.91 Å². The molecule has 1 aromatic heterocycles. The molecular formula is C26H32N8O2. The maximum atomic E-state index is 13.2. The lowest BCUT2D eigenvalue weighted by Crippen LogP contribution is -2.55. The number of aryl methyl sites for hydroxylation is 2. The first-order valence-corrected chi connectivity index (χ1v) is 12.1. The van der Waals surface area contributed by atoms with E-state index in [0.717, 1.165) is 16.9 Å². The van der Waals surface area contributed by atoms with Crippen molar-refractivity contribution < 1.29 is 9.90 Å². The second-order valence-electron chi connectivity index (χ2n) is 9.69. The topological polar surface area (TPSA) is 146 Å². The van der Waals surface area contributed by atoms with E-state index in [2.05, 4.69) is 52.7 Å². The number of carbonyl (C=O) groups excluding carboxylic acids is 1. The maximum absolute atomic E-state index is 13.2. The molecule has 0 spiro atoms. The van der Waals surface area contributed by atoms with E-state index in [1.807, 2.05) is 6.20 Å². The molecule has 10 nitrogen and oxygen atoms in total. The normalized spacial score (nSPS) is 19.7. The molecule has 2 aliphatic heterocycles. The van der Waals surface area contributed by atoms with Gasteiger partial charge in [0.05, 0.1) is 29.2 Å². The number of likely N-dealkylation sites (tertiary alicyclic amines) is 1. The van der Waals surface area contributed by atoms with Gasteiger partial charge < -0.3 is 26.5 Å². The highest BCUT2D eigenvalue weighted by Crippen LogP contribution is 2.29. The average molecular weight is 489 g/mol. The number of carbonyl (C=O) groups is 1. The summed E-state index contributed by atoms with van der Waals surface area (Å²) in [6.07, 6.45) is 1.83. The van der Waals surface area contributed by atoms with E-state index in [1.54, 1.807) is 23.1 Å². The Morgan fingerprint density at radius 3 is 2.64 bits per heavy atom. The number of nitrogens with zero attached hydrogens (tertiary/aromatic N) is 4. The molecule has 1 amide bonds. The van der Waals surface area contributed by atoms with Gasteiger partial charge in [-0.1, -0.05) is 6.07 Å². The smallest absolute Gasteiger partial charge is 0.253 e. The summed E-state index contributed by atoms with van der Waals surface area (Å²) in [7, 11) is 0. The molecule has 1 fully saturated rings. The number of aliphatic hydroxyl groups excluding tert-OH is 1. The van der Waals surface area contributed by atoms with Crippen molar-refractivity contribution in [3.63, 3.8) is 0 Å². The lowest BCUT2D eigenvalue weighted by Gasteiger charge is -2.40. The van der Waals surface area contributed by atoms with E-state index in [4.69, 9.17) is 16.6 Å². The highest BCUT2D eigenvalue weighted by atomic mass is 16.3. The fraction of sp³-hybridized carbons (Fsp3) is 0.346. The third-order valence-corrected chi connectivity index (χ3v) is 6.91. The largest absolute Gasteiger partial charge is 0.397 e. The minimum absolute atomic E-state index is 0.112. The summed E-state index contributed by atoms with van der Waals surface area (Å²) in [5.74, 6) is 5.88. The zero-order valence-electron chi connectivity index (χ0n) is 20.5. The third-order valence-electron chi connectivity index (χ3n) is 6.91. The number of piperidine rings is 1. The van der Waals surface area contributed by atoms with Gasteiger partial charge in [0.2, 0.25) is 5.95 Å². The van der Waals surface area contributed by atoms with Gasteiger partial charge in [0.15, 0.2) is 0 Å². The highest BCUT2D eigenvalue weighted by Gasteiger charge is 2.37. The molecule has 3 aromatic rings. The van der Waals surface area contributed by atoms with Crippen molar-refractivity contribution in [3.8, 4) is 0 Å². The number of nitrogen functional groups attached to an aromatic ring is 2. The molecular weight excluding hydrogens is 456 g/mol. The van der Waals surface area contributed by atoms with Gasteiger partial charge in [0, 0.05) is 49.2 Å². The number of aromatic nitrogens is 2. The Morgan fingerprint density at radius 2 is 1.92 bits per heavy atom. The summed E-state index contributed by atoms with van der Waals surface area (Å²) < 4.78 is 0. The zero-order chi connectivity index (χ0) is 25.4. The Hall–Kier alpha value is -3.73. The van der Waals surface area contributed by atoms with Crippen LogP contribution < -0.4 is 22.3 Å². The van der Waals surface area contributed by atoms with Crippen LogP contribution in [-0.4, -0.2) is 56.0 Å². The number of hydrogen-bond acceptors (Lipinski definition) is 9. The number of aliphatic hydroxyl groups is 1. The lowest BCUT2D eigenvalue weighted by atomic mass is 9.99. The zero-order valence-corrected chi connectivity index (χ0v) is 20.5. The second kappa shape index (κ2) is 9.73. The Bertz CT molecular complexity index is 1280. The number of anilines is 4. The Labute approximate surface area is 210 Å². The van der Waals surface area contributed by atoms with Gasteiger partial charge in [-0.3, -0.25) is 15.5 Å². The summed E-state index contributed by atoms with van der Waals surface area (Å²) in [6.45, 7) is 6.25. The maximum Gasteiger partial charge on any atom is 0.253 e. The van der Waals surface area contributed by atoms with Crippen molar-refractivity contribution in [2.45, 2.75) is 45.5 Å². The van der Waals surface area contributed by atoms with Crippen LogP contribution in [0.2, 0.25) is 0 Å². The molecule has 188 valence electrons. The average Bonchev–Trinajstić information content (AvgIpc) is 3.26. The van der Waals surface area contributed by atoms with Crippen molar-refractivity contribution in [1.29, 1.82) is 0 Å². The van der Waals surface area contributed by atoms with E-state index < -0.39 is 6.10 Å². The van der Waals surface area contributed by atoms with Crippen molar-refractivity contribution in [2.24, 2.45) is 5.84 Å². The molecule has 3 heterocycles. The Balaban J connectivity index is 1.28. The number of benzene rings is 2. The molecule has 2 aromatic carbocycles. The molecule has 0 bridgehead atoms. The molecule has 7 N–H and O–H groups in total. The predicted octanol–water partition coefficient (Wildman–Crippen LogP) is 2.30. The Kier molecular flexibility index (Phi) is 6.48. The van der Waals surface area contributed by atoms with Crippen LogP contribution in [0.4, 0.5) is 23.0 Å². The summed E-state index contributed by atoms with van der Waals surface area (Å²) in [5.41, 5.74) is 15.3. The standard InChI is InChI=1S/C26H32N8O2/c1-15-7-16(2)9-19(8-15)30-26-29-11-18-12-34(13-22(18)31-26)23-14-33(6-5-24(23)35)25(36)17-3-4-21(32-28)20(27)10-17/h3-4,7-11,23-24,32,35H,5-6,12-14,27-28H2,1-2H3,(H,29,30,31). The minimum Gasteiger partial charge on any atom is -0.397 e. The van der Waals surface area contributed by atoms with Crippen LogP contribution in [0.1, 0.15) is 39.2 Å². The number of nitrogens with two attached hydrogens (primary N) is 2. The number of rotatable bonds is 5. The molecule has 1 saturated heterocycles. The van der Waals surface area contributed by atoms with Gasteiger partial charge >= 0.3 is 0 Å². The predicted molar refractivity (Wildman–Crippen MR) is 139 cm³/mol. The number of amides is 1. The van der Waals surface area contributed by atoms with Crippen LogP contribution in [0, 0.1) is 13.8 Å². The van der Waals surface area contributed by atoms with E-state index >= 15 is 0 Å². The number of hydrazine groups is 1. The first kappa shape index (κ1) is 24.0. The highest BCUT2D eigenvalue weighted by molar-refractivity contribution is 5.96. The second-order valence-corrected chi connectivity index (χ2v) is 9.69. The summed E-state index contributed by atoms with van der Waals surface area (Å²) >= 11 is 0. The molecule has 2 unspecified atom stereocenters. The first-order valence-electron chi connectivity index (χ1n) is 12.1.